The number of carboxylic acids is 2. The Hall–Kier alpha value is -1.65. The summed E-state index contributed by atoms with van der Waals surface area (Å²) >= 11 is 0. The van der Waals surface area contributed by atoms with Crippen LogP contribution in [0.25, 0.3) is 0 Å². The molecule has 0 bridgehead atoms. The first-order valence-corrected chi connectivity index (χ1v) is 3.13. The minimum absolute atomic E-state index is 0.742. The van der Waals surface area contributed by atoms with E-state index in [1.807, 2.05) is 0 Å². The van der Waals surface area contributed by atoms with Gasteiger partial charge in [-0.05, 0) is 0 Å². The SMILES string of the molecule is CC(/C=C/C(=O)O)C(=O)C(=O)O. The predicted octanol–water partition coefficient (Wildman–Crippen LogP) is -0.0830. The summed E-state index contributed by atoms with van der Waals surface area (Å²) in [5.41, 5.74) is 0. The van der Waals surface area contributed by atoms with Crippen molar-refractivity contribution in [3.63, 3.8) is 0 Å². The van der Waals surface area contributed by atoms with Crippen molar-refractivity contribution in [1.29, 1.82) is 0 Å². The minimum Gasteiger partial charge on any atom is -0.478 e. The Bertz CT molecular complexity index is 240. The fraction of sp³-hybridized carbons (Fsp3) is 0.286. The molecule has 0 fully saturated rings. The van der Waals surface area contributed by atoms with Crippen LogP contribution in [0.2, 0.25) is 0 Å². The number of allylic oxidation sites excluding steroid dienone is 1. The van der Waals surface area contributed by atoms with Crippen LogP contribution in [-0.4, -0.2) is 27.9 Å². The third kappa shape index (κ3) is 3.50. The molecule has 0 aromatic rings. The van der Waals surface area contributed by atoms with Crippen molar-refractivity contribution >= 4 is 17.7 Å². The third-order valence-electron chi connectivity index (χ3n) is 1.15. The molecule has 0 amide bonds. The summed E-state index contributed by atoms with van der Waals surface area (Å²) in [7, 11) is 0. The Morgan fingerprint density at radius 3 is 2.08 bits per heavy atom. The Balaban J connectivity index is 4.22. The predicted molar refractivity (Wildman–Crippen MR) is 38.6 cm³/mol. The fourth-order valence-electron chi connectivity index (χ4n) is 0.509. The van der Waals surface area contributed by atoms with Gasteiger partial charge in [0, 0.05) is 12.0 Å². The van der Waals surface area contributed by atoms with E-state index in [1.54, 1.807) is 0 Å². The Kier molecular flexibility index (Phi) is 3.69. The zero-order valence-electron chi connectivity index (χ0n) is 6.35. The van der Waals surface area contributed by atoms with Crippen molar-refractivity contribution in [3.8, 4) is 0 Å². The monoisotopic (exact) mass is 172 g/mol. The van der Waals surface area contributed by atoms with Gasteiger partial charge < -0.3 is 10.2 Å². The standard InChI is InChI=1S/C7H8O5/c1-4(2-3-5(8)9)6(10)7(11)12/h2-4H,1H3,(H,8,9)(H,11,12)/b3-2+. The average Bonchev–Trinajstić information content (AvgIpc) is 1.98. The molecule has 0 aromatic carbocycles. The van der Waals surface area contributed by atoms with Crippen molar-refractivity contribution in [3.05, 3.63) is 12.2 Å². The summed E-state index contributed by atoms with van der Waals surface area (Å²) < 4.78 is 0. The summed E-state index contributed by atoms with van der Waals surface area (Å²) in [6.07, 6.45) is 1.77. The van der Waals surface area contributed by atoms with Crippen molar-refractivity contribution in [2.75, 3.05) is 0 Å². The zero-order valence-corrected chi connectivity index (χ0v) is 6.35. The number of aliphatic carboxylic acids is 2. The van der Waals surface area contributed by atoms with Crippen molar-refractivity contribution in [1.82, 2.24) is 0 Å². The second kappa shape index (κ2) is 4.27. The summed E-state index contributed by atoms with van der Waals surface area (Å²) in [6.45, 7) is 1.32. The molecule has 0 heterocycles. The van der Waals surface area contributed by atoms with E-state index in [0.29, 0.717) is 0 Å². The van der Waals surface area contributed by atoms with E-state index in [1.165, 1.54) is 6.92 Å². The maximum absolute atomic E-state index is 10.6. The second-order valence-electron chi connectivity index (χ2n) is 2.16. The van der Waals surface area contributed by atoms with Gasteiger partial charge in [-0.1, -0.05) is 13.0 Å². The van der Waals surface area contributed by atoms with E-state index in [-0.39, 0.29) is 0 Å². The lowest BCUT2D eigenvalue weighted by Crippen LogP contribution is -2.19. The minimum atomic E-state index is -1.56. The van der Waals surface area contributed by atoms with Crippen LogP contribution in [0.3, 0.4) is 0 Å². The number of carboxylic acid groups (broad SMARTS) is 2. The van der Waals surface area contributed by atoms with E-state index in [4.69, 9.17) is 10.2 Å². The summed E-state index contributed by atoms with van der Waals surface area (Å²) in [5.74, 6) is -4.69. The Morgan fingerprint density at radius 2 is 1.75 bits per heavy atom. The van der Waals surface area contributed by atoms with E-state index in [2.05, 4.69) is 0 Å². The molecule has 2 N–H and O–H groups in total. The number of carbonyl (C=O) groups is 3. The highest BCUT2D eigenvalue weighted by Crippen LogP contribution is 1.98. The molecule has 1 unspecified atom stereocenters. The van der Waals surface area contributed by atoms with Gasteiger partial charge in [-0.15, -0.1) is 0 Å². The molecule has 12 heavy (non-hydrogen) atoms. The topological polar surface area (TPSA) is 91.7 Å². The highest BCUT2D eigenvalue weighted by molar-refractivity contribution is 6.33. The molecule has 66 valence electrons. The van der Waals surface area contributed by atoms with E-state index in [0.717, 1.165) is 12.2 Å². The lowest BCUT2D eigenvalue weighted by atomic mass is 10.1. The van der Waals surface area contributed by atoms with Crippen molar-refractivity contribution < 1.29 is 24.6 Å². The molecular formula is C7H8O5. The Labute approximate surface area is 68.3 Å². The van der Waals surface area contributed by atoms with E-state index in [9.17, 15) is 14.4 Å². The molecule has 1 atom stereocenters. The van der Waals surface area contributed by atoms with Crippen LogP contribution in [0.5, 0.6) is 0 Å². The van der Waals surface area contributed by atoms with Gasteiger partial charge in [-0.2, -0.15) is 0 Å². The molecule has 0 aliphatic heterocycles. The normalized spacial score (nSPS) is 12.8. The smallest absolute Gasteiger partial charge is 0.372 e. The van der Waals surface area contributed by atoms with Crippen LogP contribution in [0.4, 0.5) is 0 Å². The van der Waals surface area contributed by atoms with Crippen LogP contribution in [0.15, 0.2) is 12.2 Å². The van der Waals surface area contributed by atoms with Crippen molar-refractivity contribution in [2.24, 2.45) is 5.92 Å². The van der Waals surface area contributed by atoms with Gasteiger partial charge in [0.15, 0.2) is 0 Å². The summed E-state index contributed by atoms with van der Waals surface area (Å²) in [5, 5.41) is 16.3. The van der Waals surface area contributed by atoms with Gasteiger partial charge in [0.05, 0.1) is 0 Å². The molecule has 5 nitrogen and oxygen atoms in total. The van der Waals surface area contributed by atoms with Crippen molar-refractivity contribution in [2.45, 2.75) is 6.92 Å². The van der Waals surface area contributed by atoms with Crippen LogP contribution in [0, 0.1) is 5.92 Å². The number of Topliss-reactive ketones (excluding diaryl/α,β-unsaturated/α-hetero) is 1. The third-order valence-corrected chi connectivity index (χ3v) is 1.15. The molecular weight excluding hydrogens is 164 g/mol. The number of carbonyl (C=O) groups excluding carboxylic acids is 1. The summed E-state index contributed by atoms with van der Waals surface area (Å²) in [4.78, 5) is 30.6. The van der Waals surface area contributed by atoms with Crippen LogP contribution in [0.1, 0.15) is 6.92 Å². The van der Waals surface area contributed by atoms with Gasteiger partial charge in [-0.3, -0.25) is 4.79 Å². The first-order valence-electron chi connectivity index (χ1n) is 3.13. The summed E-state index contributed by atoms with van der Waals surface area (Å²) in [6, 6.07) is 0. The molecule has 0 spiro atoms. The number of rotatable bonds is 4. The molecule has 0 saturated heterocycles. The van der Waals surface area contributed by atoms with Gasteiger partial charge in [0.25, 0.3) is 0 Å². The lowest BCUT2D eigenvalue weighted by molar-refractivity contribution is -0.150. The maximum atomic E-state index is 10.6. The fourth-order valence-corrected chi connectivity index (χ4v) is 0.509. The highest BCUT2D eigenvalue weighted by atomic mass is 16.4. The first kappa shape index (κ1) is 10.3. The van der Waals surface area contributed by atoms with Gasteiger partial charge >= 0.3 is 11.9 Å². The largest absolute Gasteiger partial charge is 0.478 e. The maximum Gasteiger partial charge on any atom is 0.372 e. The second-order valence-corrected chi connectivity index (χ2v) is 2.16. The van der Waals surface area contributed by atoms with Gasteiger partial charge in [0.2, 0.25) is 5.78 Å². The van der Waals surface area contributed by atoms with Gasteiger partial charge in [-0.25, -0.2) is 9.59 Å². The molecule has 0 rings (SSSR count). The molecule has 5 heteroatoms. The average molecular weight is 172 g/mol. The number of hydrogen-bond donors (Lipinski definition) is 2. The first-order chi connectivity index (χ1) is 5.45. The van der Waals surface area contributed by atoms with E-state index >= 15 is 0 Å². The molecule has 0 saturated carbocycles. The number of hydrogen-bond acceptors (Lipinski definition) is 3. The van der Waals surface area contributed by atoms with Crippen LogP contribution in [-0.2, 0) is 14.4 Å². The van der Waals surface area contributed by atoms with Gasteiger partial charge in [0.1, 0.15) is 0 Å². The molecule has 0 aromatic heterocycles. The van der Waals surface area contributed by atoms with Crippen LogP contribution < -0.4 is 0 Å². The molecule has 0 aliphatic carbocycles. The lowest BCUT2D eigenvalue weighted by Gasteiger charge is -1.97. The highest BCUT2D eigenvalue weighted by Gasteiger charge is 2.17. The molecule has 0 aliphatic rings. The van der Waals surface area contributed by atoms with E-state index < -0.39 is 23.6 Å². The zero-order chi connectivity index (χ0) is 9.72. The quantitative estimate of drug-likeness (QED) is 0.457. The van der Waals surface area contributed by atoms with Crippen LogP contribution >= 0.6 is 0 Å². The number of ketones is 1. The molecule has 0 radical (unpaired) electrons. The Morgan fingerprint density at radius 1 is 1.25 bits per heavy atom.